The van der Waals surface area contributed by atoms with Gasteiger partial charge in [-0.25, -0.2) is 9.97 Å². The maximum absolute atomic E-state index is 12.8. The van der Waals surface area contributed by atoms with Crippen LogP contribution in [0.15, 0.2) is 43.2 Å². The highest BCUT2D eigenvalue weighted by Gasteiger charge is 2.33. The van der Waals surface area contributed by atoms with E-state index in [-0.39, 0.29) is 11.3 Å². The Labute approximate surface area is 140 Å². The number of aromatic nitrogens is 2. The van der Waals surface area contributed by atoms with Crippen molar-refractivity contribution in [3.8, 4) is 0 Å². The summed E-state index contributed by atoms with van der Waals surface area (Å²) in [5, 5.41) is 4.73. The summed E-state index contributed by atoms with van der Waals surface area (Å²) >= 11 is 5.53. The van der Waals surface area contributed by atoms with Crippen LogP contribution >= 0.6 is 11.6 Å². The molecule has 0 fully saturated rings. The van der Waals surface area contributed by atoms with Gasteiger partial charge < -0.3 is 10.6 Å². The van der Waals surface area contributed by atoms with E-state index in [1.54, 1.807) is 6.08 Å². The fourth-order valence-electron chi connectivity index (χ4n) is 1.72. The smallest absolute Gasteiger partial charge is 0.351 e. The minimum Gasteiger partial charge on any atom is -0.351 e. The third kappa shape index (κ3) is 4.45. The number of carbonyl (C=O) groups excluding carboxylic acids is 1. The summed E-state index contributed by atoms with van der Waals surface area (Å²) in [5.41, 5.74) is -0.963. The SMILES string of the molecule is C=CCNc1ncc(C(=O)Nc2ccc(Cl)c(C(F)(F)F)c2)cn1. The minimum absolute atomic E-state index is 0.0365. The van der Waals surface area contributed by atoms with Gasteiger partial charge in [0.15, 0.2) is 0 Å². The summed E-state index contributed by atoms with van der Waals surface area (Å²) < 4.78 is 38.4. The van der Waals surface area contributed by atoms with Crippen molar-refractivity contribution in [3.05, 3.63) is 59.4 Å². The Morgan fingerprint density at radius 1 is 1.29 bits per heavy atom. The molecule has 24 heavy (non-hydrogen) atoms. The van der Waals surface area contributed by atoms with E-state index in [0.29, 0.717) is 12.5 Å². The zero-order chi connectivity index (χ0) is 17.7. The second-order valence-electron chi connectivity index (χ2n) is 4.61. The molecule has 126 valence electrons. The first-order chi connectivity index (χ1) is 11.3. The summed E-state index contributed by atoms with van der Waals surface area (Å²) in [6, 6.07) is 3.11. The molecule has 0 aliphatic heterocycles. The molecular weight excluding hydrogens is 345 g/mol. The number of alkyl halides is 3. The Balaban J connectivity index is 2.13. The van der Waals surface area contributed by atoms with E-state index in [2.05, 4.69) is 27.2 Å². The number of rotatable bonds is 5. The normalized spacial score (nSPS) is 11.0. The molecule has 0 spiro atoms. The predicted molar refractivity (Wildman–Crippen MR) is 85.1 cm³/mol. The average molecular weight is 357 g/mol. The van der Waals surface area contributed by atoms with Gasteiger partial charge in [0.2, 0.25) is 5.95 Å². The molecule has 1 aromatic carbocycles. The Kier molecular flexibility index (Phi) is 5.40. The topological polar surface area (TPSA) is 66.9 Å². The van der Waals surface area contributed by atoms with E-state index in [0.717, 1.165) is 12.1 Å². The first-order valence-corrected chi connectivity index (χ1v) is 7.04. The monoisotopic (exact) mass is 356 g/mol. The molecule has 2 rings (SSSR count). The summed E-state index contributed by atoms with van der Waals surface area (Å²) in [5.74, 6) is -0.335. The molecule has 1 amide bonds. The van der Waals surface area contributed by atoms with Gasteiger partial charge in [-0.2, -0.15) is 13.2 Å². The van der Waals surface area contributed by atoms with Gasteiger partial charge in [0.05, 0.1) is 16.1 Å². The van der Waals surface area contributed by atoms with Crippen molar-refractivity contribution in [2.24, 2.45) is 0 Å². The van der Waals surface area contributed by atoms with Crippen LogP contribution in [0.3, 0.4) is 0 Å². The molecule has 2 aromatic rings. The number of hydrogen-bond donors (Lipinski definition) is 2. The number of nitrogens with zero attached hydrogens (tertiary/aromatic N) is 2. The molecule has 0 aliphatic carbocycles. The number of benzene rings is 1. The lowest BCUT2D eigenvalue weighted by Crippen LogP contribution is -2.14. The average Bonchev–Trinajstić information content (AvgIpc) is 2.54. The first-order valence-electron chi connectivity index (χ1n) is 6.66. The quantitative estimate of drug-likeness (QED) is 0.795. The highest BCUT2D eigenvalue weighted by molar-refractivity contribution is 6.31. The van der Waals surface area contributed by atoms with Crippen LogP contribution in [-0.2, 0) is 6.18 Å². The first kappa shape index (κ1) is 17.7. The summed E-state index contributed by atoms with van der Waals surface area (Å²) in [6.45, 7) is 3.98. The van der Waals surface area contributed by atoms with E-state index < -0.39 is 22.7 Å². The molecule has 5 nitrogen and oxygen atoms in total. The van der Waals surface area contributed by atoms with Crippen LogP contribution in [0.25, 0.3) is 0 Å². The molecule has 1 heterocycles. The number of amides is 1. The van der Waals surface area contributed by atoms with Crippen LogP contribution < -0.4 is 10.6 Å². The number of halogens is 4. The summed E-state index contributed by atoms with van der Waals surface area (Å²) in [6.07, 6.45) is -0.481. The largest absolute Gasteiger partial charge is 0.417 e. The van der Waals surface area contributed by atoms with Crippen LogP contribution in [0.4, 0.5) is 24.8 Å². The lowest BCUT2D eigenvalue weighted by molar-refractivity contribution is -0.137. The number of hydrogen-bond acceptors (Lipinski definition) is 4. The van der Waals surface area contributed by atoms with Crippen LogP contribution in [0.5, 0.6) is 0 Å². The second kappa shape index (κ2) is 7.31. The Bertz CT molecular complexity index is 747. The Hall–Kier alpha value is -2.61. The van der Waals surface area contributed by atoms with E-state index in [4.69, 9.17) is 11.6 Å². The molecule has 9 heteroatoms. The van der Waals surface area contributed by atoms with Gasteiger partial charge in [-0.3, -0.25) is 4.79 Å². The van der Waals surface area contributed by atoms with Crippen molar-refractivity contribution >= 4 is 29.1 Å². The van der Waals surface area contributed by atoms with Crippen molar-refractivity contribution in [1.82, 2.24) is 9.97 Å². The second-order valence-corrected chi connectivity index (χ2v) is 5.02. The van der Waals surface area contributed by atoms with Gasteiger partial charge in [0.1, 0.15) is 0 Å². The minimum atomic E-state index is -4.61. The molecule has 0 saturated carbocycles. The maximum atomic E-state index is 12.8. The molecule has 0 radical (unpaired) electrons. The van der Waals surface area contributed by atoms with Crippen molar-refractivity contribution in [2.45, 2.75) is 6.18 Å². The number of carbonyl (C=O) groups is 1. The number of nitrogens with one attached hydrogen (secondary N) is 2. The van der Waals surface area contributed by atoms with Crippen molar-refractivity contribution in [3.63, 3.8) is 0 Å². The Morgan fingerprint density at radius 2 is 1.96 bits per heavy atom. The van der Waals surface area contributed by atoms with Crippen LogP contribution in [-0.4, -0.2) is 22.4 Å². The molecule has 1 aromatic heterocycles. The van der Waals surface area contributed by atoms with Crippen LogP contribution in [0, 0.1) is 0 Å². The molecule has 2 N–H and O–H groups in total. The Morgan fingerprint density at radius 3 is 2.54 bits per heavy atom. The third-order valence-corrected chi connectivity index (χ3v) is 3.18. The molecule has 0 unspecified atom stereocenters. The van der Waals surface area contributed by atoms with Crippen molar-refractivity contribution < 1.29 is 18.0 Å². The fraction of sp³-hybridized carbons (Fsp3) is 0.133. The van der Waals surface area contributed by atoms with E-state index in [1.165, 1.54) is 18.5 Å². The maximum Gasteiger partial charge on any atom is 0.417 e. The third-order valence-electron chi connectivity index (χ3n) is 2.85. The van der Waals surface area contributed by atoms with Gasteiger partial charge in [-0.15, -0.1) is 6.58 Å². The zero-order valence-electron chi connectivity index (χ0n) is 12.2. The lowest BCUT2D eigenvalue weighted by Gasteiger charge is -2.11. The van der Waals surface area contributed by atoms with Crippen LogP contribution in [0.2, 0.25) is 5.02 Å². The van der Waals surface area contributed by atoms with Gasteiger partial charge in [0.25, 0.3) is 5.91 Å². The molecule has 0 bridgehead atoms. The fourth-order valence-corrected chi connectivity index (χ4v) is 1.95. The van der Waals surface area contributed by atoms with E-state index in [9.17, 15) is 18.0 Å². The highest BCUT2D eigenvalue weighted by Crippen LogP contribution is 2.36. The van der Waals surface area contributed by atoms with Crippen molar-refractivity contribution in [1.29, 1.82) is 0 Å². The lowest BCUT2D eigenvalue weighted by atomic mass is 10.2. The van der Waals surface area contributed by atoms with Gasteiger partial charge >= 0.3 is 6.18 Å². The summed E-state index contributed by atoms with van der Waals surface area (Å²) in [4.78, 5) is 19.9. The molecular formula is C15H12ClF3N4O. The summed E-state index contributed by atoms with van der Waals surface area (Å²) in [7, 11) is 0. The molecule has 0 saturated heterocycles. The van der Waals surface area contributed by atoms with Gasteiger partial charge in [-0.05, 0) is 18.2 Å². The standard InChI is InChI=1S/C15H12ClF3N4O/c1-2-5-20-14-21-7-9(8-22-14)13(24)23-10-3-4-12(16)11(6-10)15(17,18)19/h2-4,6-8H,1,5H2,(H,23,24)(H,20,21,22). The highest BCUT2D eigenvalue weighted by atomic mass is 35.5. The molecule has 0 aliphatic rings. The van der Waals surface area contributed by atoms with Gasteiger partial charge in [0, 0.05) is 24.6 Å². The zero-order valence-corrected chi connectivity index (χ0v) is 12.9. The van der Waals surface area contributed by atoms with Crippen molar-refractivity contribution in [2.75, 3.05) is 17.2 Å². The van der Waals surface area contributed by atoms with Gasteiger partial charge in [-0.1, -0.05) is 17.7 Å². The molecule has 0 atom stereocenters. The van der Waals surface area contributed by atoms with Crippen LogP contribution in [0.1, 0.15) is 15.9 Å². The number of anilines is 2. The van der Waals surface area contributed by atoms with E-state index in [1.807, 2.05) is 0 Å². The predicted octanol–water partition coefficient (Wildman–Crippen LogP) is 4.00. The van der Waals surface area contributed by atoms with E-state index >= 15 is 0 Å².